The van der Waals surface area contributed by atoms with Gasteiger partial charge in [-0.25, -0.2) is 0 Å². The van der Waals surface area contributed by atoms with E-state index in [1.54, 1.807) is 24.3 Å². The molecule has 156 valence electrons. The Morgan fingerprint density at radius 1 is 0.862 bits per heavy atom. The smallest absolute Gasteiger partial charge is 0.269 e. The number of piperazine rings is 1. The summed E-state index contributed by atoms with van der Waals surface area (Å²) >= 11 is 0. The van der Waals surface area contributed by atoms with Crippen LogP contribution in [-0.2, 0) is 6.42 Å². The van der Waals surface area contributed by atoms with Crippen LogP contribution in [0.5, 0.6) is 0 Å². The molecule has 1 saturated heterocycles. The predicted molar refractivity (Wildman–Crippen MR) is 114 cm³/mol. The van der Waals surface area contributed by atoms with Crippen molar-refractivity contribution in [2.24, 2.45) is 0 Å². The van der Waals surface area contributed by atoms with Crippen LogP contribution in [0.15, 0.2) is 42.5 Å². The molecular formula is C19H22Cl2N4O4. The Morgan fingerprint density at radius 2 is 1.48 bits per heavy atom. The monoisotopic (exact) mass is 440 g/mol. The van der Waals surface area contributed by atoms with E-state index in [0.717, 1.165) is 42.7 Å². The molecule has 2 heterocycles. The zero-order valence-corrected chi connectivity index (χ0v) is 17.4. The van der Waals surface area contributed by atoms with Gasteiger partial charge in [0.1, 0.15) is 0 Å². The van der Waals surface area contributed by atoms with E-state index >= 15 is 0 Å². The van der Waals surface area contributed by atoms with Crippen molar-refractivity contribution in [1.29, 1.82) is 0 Å². The maximum absolute atomic E-state index is 11.3. The maximum Gasteiger partial charge on any atom is 0.269 e. The molecule has 2 aliphatic rings. The summed E-state index contributed by atoms with van der Waals surface area (Å²) in [4.78, 5) is 26.1. The third-order valence-corrected chi connectivity index (χ3v) is 5.68. The first-order valence-corrected chi connectivity index (χ1v) is 8.91. The fourth-order valence-electron chi connectivity index (χ4n) is 4.32. The fraction of sp³-hybridized carbons (Fsp3) is 0.368. The summed E-state index contributed by atoms with van der Waals surface area (Å²) in [6.07, 6.45) is 0.876. The Bertz CT molecular complexity index is 910. The molecule has 2 aliphatic heterocycles. The lowest BCUT2D eigenvalue weighted by Crippen LogP contribution is -2.51. The molecule has 10 heteroatoms. The summed E-state index contributed by atoms with van der Waals surface area (Å²) in [6, 6.07) is 11.8. The van der Waals surface area contributed by atoms with Crippen LogP contribution in [0.25, 0.3) is 0 Å². The molecule has 2 atom stereocenters. The lowest BCUT2D eigenvalue weighted by atomic mass is 9.83. The Morgan fingerprint density at radius 3 is 2.10 bits per heavy atom. The van der Waals surface area contributed by atoms with E-state index in [4.69, 9.17) is 0 Å². The number of hydrogen-bond donors (Lipinski definition) is 0. The minimum absolute atomic E-state index is 0. The lowest BCUT2D eigenvalue weighted by Gasteiger charge is -2.49. The zero-order valence-electron chi connectivity index (χ0n) is 15.8. The van der Waals surface area contributed by atoms with E-state index in [-0.39, 0.29) is 53.2 Å². The molecular weight excluding hydrogens is 419 g/mol. The van der Waals surface area contributed by atoms with Gasteiger partial charge in [0.05, 0.1) is 21.9 Å². The molecule has 0 amide bonds. The Balaban J connectivity index is 0.00000150. The summed E-state index contributed by atoms with van der Waals surface area (Å²) in [5, 5.41) is 22.3. The van der Waals surface area contributed by atoms with E-state index in [1.807, 2.05) is 13.1 Å². The summed E-state index contributed by atoms with van der Waals surface area (Å²) in [7, 11) is 2.04. The Kier molecular flexibility index (Phi) is 7.18. The highest BCUT2D eigenvalue weighted by atomic mass is 35.5. The van der Waals surface area contributed by atoms with Crippen LogP contribution in [0.1, 0.15) is 28.8 Å². The second kappa shape index (κ2) is 9.04. The van der Waals surface area contributed by atoms with Crippen molar-refractivity contribution in [3.05, 3.63) is 79.4 Å². The average Bonchev–Trinajstić information content (AvgIpc) is 2.67. The fourth-order valence-corrected chi connectivity index (χ4v) is 4.32. The van der Waals surface area contributed by atoms with Crippen molar-refractivity contribution in [3.8, 4) is 0 Å². The molecule has 0 unspecified atom stereocenters. The van der Waals surface area contributed by atoms with Crippen LogP contribution in [0.3, 0.4) is 0 Å². The van der Waals surface area contributed by atoms with Gasteiger partial charge in [0.15, 0.2) is 0 Å². The minimum atomic E-state index is -0.403. The molecule has 0 spiro atoms. The van der Waals surface area contributed by atoms with Gasteiger partial charge in [-0.3, -0.25) is 30.0 Å². The summed E-state index contributed by atoms with van der Waals surface area (Å²) < 4.78 is 0. The van der Waals surface area contributed by atoms with Crippen LogP contribution >= 0.6 is 24.8 Å². The Hall–Kier alpha value is -2.26. The van der Waals surface area contributed by atoms with Gasteiger partial charge in [-0.15, -0.1) is 24.8 Å². The van der Waals surface area contributed by atoms with Crippen molar-refractivity contribution in [3.63, 3.8) is 0 Å². The number of non-ortho nitro benzene ring substituents is 2. The number of rotatable bonds is 3. The molecule has 2 aromatic rings. The summed E-state index contributed by atoms with van der Waals surface area (Å²) in [6.45, 7) is 2.68. The van der Waals surface area contributed by atoms with Gasteiger partial charge in [-0.2, -0.15) is 0 Å². The number of fused-ring (bicyclic) bond motifs is 3. The maximum atomic E-state index is 11.3. The van der Waals surface area contributed by atoms with Crippen LogP contribution in [0.4, 0.5) is 11.4 Å². The van der Waals surface area contributed by atoms with E-state index < -0.39 is 4.92 Å². The first-order valence-electron chi connectivity index (χ1n) is 8.91. The van der Waals surface area contributed by atoms with Gasteiger partial charge in [-0.05, 0) is 30.2 Å². The first-order chi connectivity index (χ1) is 13.0. The molecule has 0 saturated carbocycles. The molecule has 0 aliphatic carbocycles. The molecule has 0 radical (unpaired) electrons. The predicted octanol–water partition coefficient (Wildman–Crippen LogP) is 3.93. The van der Waals surface area contributed by atoms with Crippen LogP contribution in [0, 0.1) is 20.2 Å². The number of halogens is 2. The first kappa shape index (κ1) is 23.0. The van der Waals surface area contributed by atoms with Gasteiger partial charge >= 0.3 is 0 Å². The van der Waals surface area contributed by atoms with E-state index in [0.29, 0.717) is 0 Å². The minimum Gasteiger partial charge on any atom is -0.296 e. The number of benzene rings is 2. The van der Waals surface area contributed by atoms with E-state index in [1.165, 1.54) is 12.1 Å². The van der Waals surface area contributed by atoms with Gasteiger partial charge in [-0.1, -0.05) is 18.2 Å². The molecule has 8 nitrogen and oxygen atoms in total. The van der Waals surface area contributed by atoms with Crippen LogP contribution in [-0.4, -0.2) is 46.3 Å². The molecule has 4 rings (SSSR count). The molecule has 2 aromatic carbocycles. The highest BCUT2D eigenvalue weighted by molar-refractivity contribution is 5.85. The number of hydrogen-bond acceptors (Lipinski definition) is 6. The Labute approximate surface area is 180 Å². The normalized spacial score (nSPS) is 21.1. The van der Waals surface area contributed by atoms with Crippen molar-refractivity contribution >= 4 is 36.2 Å². The SMILES string of the molecule is CN1CCN2CCc3ccc([N+](=O)[O-])cc3[C@@H]2[C@@H]1c1ccc([N+](=O)[O-])cc1.Cl.Cl. The quantitative estimate of drug-likeness (QED) is 0.529. The lowest BCUT2D eigenvalue weighted by molar-refractivity contribution is -0.385. The van der Waals surface area contributed by atoms with Crippen LogP contribution < -0.4 is 0 Å². The molecule has 0 bridgehead atoms. The number of likely N-dealkylation sites (N-methyl/N-ethyl adjacent to an activating group) is 1. The highest BCUT2D eigenvalue weighted by Crippen LogP contribution is 2.45. The topological polar surface area (TPSA) is 92.8 Å². The van der Waals surface area contributed by atoms with Crippen molar-refractivity contribution < 1.29 is 9.85 Å². The third kappa shape index (κ3) is 4.20. The second-order valence-corrected chi connectivity index (χ2v) is 7.15. The molecule has 0 N–H and O–H groups in total. The van der Waals surface area contributed by atoms with Crippen molar-refractivity contribution in [2.45, 2.75) is 18.5 Å². The number of nitrogens with zero attached hydrogens (tertiary/aromatic N) is 4. The molecule has 29 heavy (non-hydrogen) atoms. The summed E-state index contributed by atoms with van der Waals surface area (Å²) in [5.41, 5.74) is 3.28. The van der Waals surface area contributed by atoms with Gasteiger partial charge < -0.3 is 0 Å². The second-order valence-electron chi connectivity index (χ2n) is 7.15. The van der Waals surface area contributed by atoms with Gasteiger partial charge in [0.2, 0.25) is 0 Å². The van der Waals surface area contributed by atoms with E-state index in [2.05, 4.69) is 9.80 Å². The number of nitro groups is 2. The third-order valence-electron chi connectivity index (χ3n) is 5.68. The number of nitro benzene ring substituents is 2. The van der Waals surface area contributed by atoms with Crippen molar-refractivity contribution in [2.75, 3.05) is 26.7 Å². The van der Waals surface area contributed by atoms with Gasteiger partial charge in [0.25, 0.3) is 11.4 Å². The molecule has 1 fully saturated rings. The molecule has 0 aromatic heterocycles. The van der Waals surface area contributed by atoms with E-state index in [9.17, 15) is 20.2 Å². The standard InChI is InChI=1S/C19H20N4O4.2ClH/c1-20-10-11-21-9-8-13-2-7-16(23(26)27)12-17(13)19(21)18(20)14-3-5-15(6-4-14)22(24)25;;/h2-7,12,18-19H,8-11H2,1H3;2*1H/t18-,19+;;/m0../s1. The average molecular weight is 441 g/mol. The largest absolute Gasteiger partial charge is 0.296 e. The van der Waals surface area contributed by atoms with Gasteiger partial charge in [0, 0.05) is 43.9 Å². The van der Waals surface area contributed by atoms with Crippen molar-refractivity contribution in [1.82, 2.24) is 9.80 Å². The van der Waals surface area contributed by atoms with Crippen LogP contribution in [0.2, 0.25) is 0 Å². The highest BCUT2D eigenvalue weighted by Gasteiger charge is 2.40. The summed E-state index contributed by atoms with van der Waals surface area (Å²) in [5.74, 6) is 0. The zero-order chi connectivity index (χ0) is 19.1.